The van der Waals surface area contributed by atoms with Gasteiger partial charge in [0.15, 0.2) is 11.4 Å². The fraction of sp³-hybridized carbons (Fsp3) is 0.237. The van der Waals surface area contributed by atoms with E-state index in [0.717, 1.165) is 32.4 Å². The number of imidazole rings is 1. The molecule has 2 nitrogen and oxygen atoms in total. The molecule has 0 N–H and O–H groups in total. The predicted molar refractivity (Wildman–Crippen MR) is 170 cm³/mol. The van der Waals surface area contributed by atoms with Crippen LogP contribution in [0.25, 0.3) is 40.0 Å². The molecule has 0 unspecified atom stereocenters. The summed E-state index contributed by atoms with van der Waals surface area (Å²) in [6.07, 6.45) is 5.23. The predicted octanol–water partition coefficient (Wildman–Crippen LogP) is 9.39. The van der Waals surface area contributed by atoms with E-state index in [2.05, 4.69) is 140 Å². The van der Waals surface area contributed by atoms with Crippen molar-refractivity contribution < 1.29 is 4.57 Å². The second kappa shape index (κ2) is 12.3. The summed E-state index contributed by atoms with van der Waals surface area (Å²) in [6.45, 7) is 14.8. The van der Waals surface area contributed by atoms with Crippen molar-refractivity contribution in [2.75, 3.05) is 0 Å². The van der Waals surface area contributed by atoms with Crippen molar-refractivity contribution in [1.29, 1.82) is 0 Å². The molecule has 202 valence electrons. The van der Waals surface area contributed by atoms with Crippen LogP contribution in [0.15, 0.2) is 104 Å². The summed E-state index contributed by atoms with van der Waals surface area (Å²) in [4.78, 5) is 0. The molecule has 5 aromatic rings. The summed E-state index contributed by atoms with van der Waals surface area (Å²) in [5.41, 5.74) is 13.0. The standard InChI is InChI=1S/C38H41N2/c1-6-31-21-23-32(24-22-31)16-14-15-25-40-37(34-19-12-9-13-20-34)36(33-17-10-8-11-18-33)39(7-2)38(40)35-29(4)26-28(3)27-30(35)5/h6,8-13,17-24,26-27H,1,7,14-16,25H2,2-5H3/q+1. The van der Waals surface area contributed by atoms with Gasteiger partial charge in [0.05, 0.1) is 18.7 Å². The van der Waals surface area contributed by atoms with E-state index in [4.69, 9.17) is 0 Å². The van der Waals surface area contributed by atoms with Crippen molar-refractivity contribution in [2.24, 2.45) is 0 Å². The average Bonchev–Trinajstić information content (AvgIpc) is 3.29. The van der Waals surface area contributed by atoms with Crippen LogP contribution in [-0.4, -0.2) is 4.57 Å². The van der Waals surface area contributed by atoms with Crippen LogP contribution in [0.5, 0.6) is 0 Å². The van der Waals surface area contributed by atoms with Gasteiger partial charge >= 0.3 is 0 Å². The summed E-state index contributed by atoms with van der Waals surface area (Å²) in [6, 6.07) is 35.4. The van der Waals surface area contributed by atoms with Crippen molar-refractivity contribution in [1.82, 2.24) is 4.57 Å². The quantitative estimate of drug-likeness (QED) is 0.127. The summed E-state index contributed by atoms with van der Waals surface area (Å²) in [7, 11) is 0. The Morgan fingerprint density at radius 3 is 1.93 bits per heavy atom. The Morgan fingerprint density at radius 1 is 0.750 bits per heavy atom. The van der Waals surface area contributed by atoms with Gasteiger partial charge in [0, 0.05) is 11.1 Å². The summed E-state index contributed by atoms with van der Waals surface area (Å²) in [5, 5.41) is 0. The molecule has 0 radical (unpaired) electrons. The van der Waals surface area contributed by atoms with Crippen molar-refractivity contribution >= 4 is 6.08 Å². The number of aromatic nitrogens is 2. The smallest absolute Gasteiger partial charge is 0.223 e. The number of rotatable bonds is 10. The Bertz CT molecular complexity index is 1570. The van der Waals surface area contributed by atoms with Crippen molar-refractivity contribution in [3.05, 3.63) is 131 Å². The Morgan fingerprint density at radius 2 is 1.35 bits per heavy atom. The zero-order chi connectivity index (χ0) is 28.1. The lowest BCUT2D eigenvalue weighted by atomic mass is 9.98. The van der Waals surface area contributed by atoms with Crippen LogP contribution < -0.4 is 4.57 Å². The molecule has 0 bridgehead atoms. The third-order valence-corrected chi connectivity index (χ3v) is 7.90. The highest BCUT2D eigenvalue weighted by molar-refractivity contribution is 5.80. The molecule has 0 atom stereocenters. The number of unbranched alkanes of at least 4 members (excludes halogenated alkanes) is 1. The molecule has 0 saturated carbocycles. The van der Waals surface area contributed by atoms with E-state index in [0.29, 0.717) is 0 Å². The zero-order valence-corrected chi connectivity index (χ0v) is 24.5. The van der Waals surface area contributed by atoms with Gasteiger partial charge in [0.1, 0.15) is 0 Å². The molecular formula is C38H41N2+. The molecule has 0 saturated heterocycles. The lowest BCUT2D eigenvalue weighted by Gasteiger charge is -2.12. The third-order valence-electron chi connectivity index (χ3n) is 7.90. The fourth-order valence-corrected chi connectivity index (χ4v) is 6.14. The zero-order valence-electron chi connectivity index (χ0n) is 24.5. The first-order valence-corrected chi connectivity index (χ1v) is 14.6. The van der Waals surface area contributed by atoms with Crippen LogP contribution >= 0.6 is 0 Å². The minimum Gasteiger partial charge on any atom is -0.223 e. The summed E-state index contributed by atoms with van der Waals surface area (Å²) < 4.78 is 5.17. The lowest BCUT2D eigenvalue weighted by molar-refractivity contribution is -0.675. The first-order chi connectivity index (χ1) is 19.5. The van der Waals surface area contributed by atoms with E-state index >= 15 is 0 Å². The van der Waals surface area contributed by atoms with Gasteiger partial charge in [-0.25, -0.2) is 9.13 Å². The Kier molecular flexibility index (Phi) is 8.45. The monoisotopic (exact) mass is 525 g/mol. The van der Waals surface area contributed by atoms with E-state index in [-0.39, 0.29) is 0 Å². The Hall–Kier alpha value is -4.17. The van der Waals surface area contributed by atoms with Crippen LogP contribution in [0.3, 0.4) is 0 Å². The number of hydrogen-bond donors (Lipinski definition) is 0. The third kappa shape index (κ3) is 5.58. The normalized spacial score (nSPS) is 11.1. The van der Waals surface area contributed by atoms with E-state index in [1.54, 1.807) is 0 Å². The molecule has 0 aliphatic heterocycles. The number of benzene rings is 4. The van der Waals surface area contributed by atoms with Gasteiger partial charge in [0.25, 0.3) is 5.82 Å². The molecule has 0 fully saturated rings. The molecule has 40 heavy (non-hydrogen) atoms. The Balaban J connectivity index is 1.66. The van der Waals surface area contributed by atoms with Gasteiger partial charge in [-0.1, -0.05) is 115 Å². The van der Waals surface area contributed by atoms with Gasteiger partial charge < -0.3 is 0 Å². The van der Waals surface area contributed by atoms with Gasteiger partial charge in [-0.2, -0.15) is 0 Å². The number of nitrogens with zero attached hydrogens (tertiary/aromatic N) is 2. The summed E-state index contributed by atoms with van der Waals surface area (Å²) >= 11 is 0. The largest absolute Gasteiger partial charge is 0.290 e. The molecular weight excluding hydrogens is 484 g/mol. The molecule has 2 heteroatoms. The highest BCUT2D eigenvalue weighted by atomic mass is 15.2. The molecule has 0 aliphatic carbocycles. The number of hydrogen-bond acceptors (Lipinski definition) is 0. The van der Waals surface area contributed by atoms with Crippen LogP contribution in [0.2, 0.25) is 0 Å². The van der Waals surface area contributed by atoms with E-state index < -0.39 is 0 Å². The molecule has 1 heterocycles. The lowest BCUT2D eigenvalue weighted by Crippen LogP contribution is -2.38. The molecule has 4 aromatic carbocycles. The van der Waals surface area contributed by atoms with E-state index in [9.17, 15) is 0 Å². The second-order valence-electron chi connectivity index (χ2n) is 10.8. The van der Waals surface area contributed by atoms with Gasteiger partial charge in [0.2, 0.25) is 0 Å². The van der Waals surface area contributed by atoms with Crippen molar-refractivity contribution in [2.45, 2.75) is 60.0 Å². The number of aryl methyl sites for hydroxylation is 4. The summed E-state index contributed by atoms with van der Waals surface area (Å²) in [5.74, 6) is 1.31. The first kappa shape index (κ1) is 27.4. The van der Waals surface area contributed by atoms with Crippen molar-refractivity contribution in [3.63, 3.8) is 0 Å². The van der Waals surface area contributed by atoms with Gasteiger partial charge in [-0.15, -0.1) is 0 Å². The van der Waals surface area contributed by atoms with Gasteiger partial charge in [-0.05, 0) is 69.2 Å². The Labute approximate surface area is 240 Å². The van der Waals surface area contributed by atoms with E-state index in [1.807, 2.05) is 6.08 Å². The second-order valence-corrected chi connectivity index (χ2v) is 10.8. The van der Waals surface area contributed by atoms with Gasteiger partial charge in [-0.3, -0.25) is 0 Å². The van der Waals surface area contributed by atoms with Crippen molar-refractivity contribution in [3.8, 4) is 33.9 Å². The molecule has 0 spiro atoms. The topological polar surface area (TPSA) is 8.81 Å². The van der Waals surface area contributed by atoms with Crippen LogP contribution in [0.4, 0.5) is 0 Å². The highest BCUT2D eigenvalue weighted by Crippen LogP contribution is 2.37. The van der Waals surface area contributed by atoms with Crippen LogP contribution in [-0.2, 0) is 19.5 Å². The van der Waals surface area contributed by atoms with Crippen LogP contribution in [0, 0.1) is 20.8 Å². The minimum atomic E-state index is 0.898. The average molecular weight is 526 g/mol. The maximum Gasteiger partial charge on any atom is 0.290 e. The SMILES string of the molecule is C=Cc1ccc(CCCC[n+]2c(-c3ccccc3)c(-c3ccccc3)n(CC)c2-c2c(C)cc(C)cc2C)cc1. The maximum absolute atomic E-state index is 3.89. The fourth-order valence-electron chi connectivity index (χ4n) is 6.14. The molecule has 0 amide bonds. The first-order valence-electron chi connectivity index (χ1n) is 14.6. The molecule has 5 rings (SSSR count). The molecule has 1 aromatic heterocycles. The minimum absolute atomic E-state index is 0.898. The molecule has 0 aliphatic rings. The highest BCUT2D eigenvalue weighted by Gasteiger charge is 2.34. The van der Waals surface area contributed by atoms with E-state index in [1.165, 1.54) is 61.7 Å². The van der Waals surface area contributed by atoms with Crippen LogP contribution in [0.1, 0.15) is 47.6 Å². The maximum atomic E-state index is 3.89.